The molecular weight excluding hydrogens is 320 g/mol. The van der Waals surface area contributed by atoms with Crippen molar-refractivity contribution < 1.29 is 4.79 Å². The molecule has 2 aromatic rings. The third-order valence-corrected chi connectivity index (χ3v) is 5.39. The molecule has 0 bridgehead atoms. The number of hydrogen-bond donors (Lipinski definition) is 1. The van der Waals surface area contributed by atoms with Gasteiger partial charge in [-0.3, -0.25) is 4.79 Å². The van der Waals surface area contributed by atoms with Crippen molar-refractivity contribution in [3.05, 3.63) is 47.0 Å². The van der Waals surface area contributed by atoms with Gasteiger partial charge in [0.05, 0.1) is 6.04 Å². The van der Waals surface area contributed by atoms with E-state index >= 15 is 0 Å². The van der Waals surface area contributed by atoms with Crippen molar-refractivity contribution in [2.75, 3.05) is 32.1 Å². The van der Waals surface area contributed by atoms with Crippen LogP contribution >= 0.6 is 11.3 Å². The predicted molar refractivity (Wildman–Crippen MR) is 98.3 cm³/mol. The third kappa shape index (κ3) is 4.13. The predicted octanol–water partition coefficient (Wildman–Crippen LogP) is 2.66. The molecule has 1 aromatic heterocycles. The van der Waals surface area contributed by atoms with Gasteiger partial charge >= 0.3 is 0 Å². The number of nitrogens with zero attached hydrogens (tertiary/aromatic N) is 3. The molecule has 3 rings (SSSR count). The van der Waals surface area contributed by atoms with Crippen LogP contribution in [-0.2, 0) is 11.3 Å². The number of carbonyl (C=O) groups is 1. The van der Waals surface area contributed by atoms with E-state index < -0.39 is 0 Å². The van der Waals surface area contributed by atoms with Gasteiger partial charge in [-0.2, -0.15) is 0 Å². The molecule has 0 saturated carbocycles. The lowest BCUT2D eigenvalue weighted by Gasteiger charge is -2.25. The second kappa shape index (κ2) is 7.77. The lowest BCUT2D eigenvalue weighted by molar-refractivity contribution is -0.128. The Morgan fingerprint density at radius 3 is 2.75 bits per heavy atom. The SMILES string of the molecule is CN(C)c1ncc(CNC(CN2CCCC2=O)c2ccccc2)s1. The molecule has 1 atom stereocenters. The summed E-state index contributed by atoms with van der Waals surface area (Å²) in [6.45, 7) is 2.35. The first-order valence-electron chi connectivity index (χ1n) is 8.31. The van der Waals surface area contributed by atoms with Gasteiger partial charge in [0, 0.05) is 51.2 Å². The lowest BCUT2D eigenvalue weighted by atomic mass is 10.1. The molecule has 0 radical (unpaired) electrons. The summed E-state index contributed by atoms with van der Waals surface area (Å²) in [6, 6.07) is 10.5. The molecule has 1 aliphatic heterocycles. The molecule has 2 heterocycles. The fourth-order valence-electron chi connectivity index (χ4n) is 2.90. The van der Waals surface area contributed by atoms with E-state index in [1.807, 2.05) is 48.3 Å². The maximum Gasteiger partial charge on any atom is 0.222 e. The van der Waals surface area contributed by atoms with Gasteiger partial charge in [-0.05, 0) is 12.0 Å². The number of anilines is 1. The largest absolute Gasteiger partial charge is 0.354 e. The molecule has 0 aliphatic carbocycles. The van der Waals surface area contributed by atoms with Gasteiger partial charge in [-0.15, -0.1) is 11.3 Å². The summed E-state index contributed by atoms with van der Waals surface area (Å²) in [6.07, 6.45) is 3.58. The minimum Gasteiger partial charge on any atom is -0.354 e. The number of rotatable bonds is 7. The zero-order chi connectivity index (χ0) is 16.9. The van der Waals surface area contributed by atoms with Gasteiger partial charge in [-0.25, -0.2) is 4.98 Å². The van der Waals surface area contributed by atoms with Crippen LogP contribution in [0.3, 0.4) is 0 Å². The number of likely N-dealkylation sites (tertiary alicyclic amines) is 1. The highest BCUT2D eigenvalue weighted by atomic mass is 32.1. The Balaban J connectivity index is 1.68. The van der Waals surface area contributed by atoms with Crippen molar-refractivity contribution in [2.24, 2.45) is 0 Å². The van der Waals surface area contributed by atoms with E-state index in [9.17, 15) is 4.79 Å². The number of thiazole rings is 1. The van der Waals surface area contributed by atoms with Crippen LogP contribution in [0.1, 0.15) is 29.3 Å². The van der Waals surface area contributed by atoms with Gasteiger partial charge in [0.15, 0.2) is 5.13 Å². The van der Waals surface area contributed by atoms with Gasteiger partial charge < -0.3 is 15.1 Å². The number of carbonyl (C=O) groups excluding carboxylic acids is 1. The summed E-state index contributed by atoms with van der Waals surface area (Å²) in [5, 5.41) is 4.62. The minimum atomic E-state index is 0.137. The maximum atomic E-state index is 12.0. The van der Waals surface area contributed by atoms with Gasteiger partial charge in [0.1, 0.15) is 0 Å². The first-order valence-corrected chi connectivity index (χ1v) is 9.13. The molecule has 1 N–H and O–H groups in total. The fourth-order valence-corrected chi connectivity index (χ4v) is 3.68. The number of amides is 1. The quantitative estimate of drug-likeness (QED) is 0.839. The van der Waals surface area contributed by atoms with Crippen LogP contribution < -0.4 is 10.2 Å². The number of nitrogens with one attached hydrogen (secondary N) is 1. The molecule has 5 nitrogen and oxygen atoms in total. The molecule has 1 aromatic carbocycles. The minimum absolute atomic E-state index is 0.137. The Labute approximate surface area is 147 Å². The Hall–Kier alpha value is -1.92. The standard InChI is InChI=1S/C18H24N4OS/c1-21(2)18-20-12-15(24-18)11-19-16(14-7-4-3-5-8-14)13-22-10-6-9-17(22)23/h3-5,7-8,12,16,19H,6,9-11,13H2,1-2H3. The summed E-state index contributed by atoms with van der Waals surface area (Å²) in [4.78, 5) is 21.6. The monoisotopic (exact) mass is 344 g/mol. The topological polar surface area (TPSA) is 48.5 Å². The first kappa shape index (κ1) is 16.9. The molecule has 0 spiro atoms. The van der Waals surface area contributed by atoms with Gasteiger partial charge in [0.2, 0.25) is 5.91 Å². The highest BCUT2D eigenvalue weighted by Gasteiger charge is 2.24. The summed E-state index contributed by atoms with van der Waals surface area (Å²) in [5.41, 5.74) is 1.22. The van der Waals surface area contributed by atoms with Crippen molar-refractivity contribution in [1.29, 1.82) is 0 Å². The highest BCUT2D eigenvalue weighted by molar-refractivity contribution is 7.15. The Kier molecular flexibility index (Phi) is 5.48. The highest BCUT2D eigenvalue weighted by Crippen LogP contribution is 2.23. The Bertz CT molecular complexity index is 671. The number of hydrogen-bond acceptors (Lipinski definition) is 5. The smallest absolute Gasteiger partial charge is 0.222 e. The van der Waals surface area contributed by atoms with Crippen LogP contribution in [0.15, 0.2) is 36.5 Å². The van der Waals surface area contributed by atoms with Crippen molar-refractivity contribution >= 4 is 22.4 Å². The van der Waals surface area contributed by atoms with Crippen molar-refractivity contribution in [1.82, 2.24) is 15.2 Å². The van der Waals surface area contributed by atoms with Crippen LogP contribution in [0.2, 0.25) is 0 Å². The summed E-state index contributed by atoms with van der Waals surface area (Å²) < 4.78 is 0. The average molecular weight is 344 g/mol. The van der Waals surface area contributed by atoms with E-state index in [1.165, 1.54) is 10.4 Å². The van der Waals surface area contributed by atoms with Crippen molar-refractivity contribution in [3.8, 4) is 0 Å². The molecule has 24 heavy (non-hydrogen) atoms. The van der Waals surface area contributed by atoms with Crippen LogP contribution in [-0.4, -0.2) is 43.0 Å². The molecule has 1 fully saturated rings. The molecule has 1 aliphatic rings. The molecule has 1 amide bonds. The maximum absolute atomic E-state index is 12.0. The molecule has 6 heteroatoms. The second-order valence-electron chi connectivity index (χ2n) is 6.29. The van der Waals surface area contributed by atoms with Gasteiger partial charge in [0.25, 0.3) is 0 Å². The van der Waals surface area contributed by atoms with Crippen LogP contribution in [0.25, 0.3) is 0 Å². The summed E-state index contributed by atoms with van der Waals surface area (Å²) in [7, 11) is 4.00. The Morgan fingerprint density at radius 1 is 1.33 bits per heavy atom. The number of aromatic nitrogens is 1. The van der Waals surface area contributed by atoms with Crippen LogP contribution in [0, 0.1) is 0 Å². The fraction of sp³-hybridized carbons (Fsp3) is 0.444. The molecular formula is C18H24N4OS. The molecule has 1 saturated heterocycles. The van der Waals surface area contributed by atoms with E-state index in [0.29, 0.717) is 6.42 Å². The summed E-state index contributed by atoms with van der Waals surface area (Å²) >= 11 is 1.69. The van der Waals surface area contributed by atoms with Crippen LogP contribution in [0.5, 0.6) is 0 Å². The third-order valence-electron chi connectivity index (χ3n) is 4.22. The molecule has 128 valence electrons. The van der Waals surface area contributed by atoms with E-state index in [4.69, 9.17) is 0 Å². The van der Waals surface area contributed by atoms with E-state index in [2.05, 4.69) is 22.4 Å². The van der Waals surface area contributed by atoms with Gasteiger partial charge in [-0.1, -0.05) is 30.3 Å². The van der Waals surface area contributed by atoms with Crippen molar-refractivity contribution in [3.63, 3.8) is 0 Å². The average Bonchev–Trinajstić information content (AvgIpc) is 3.21. The lowest BCUT2D eigenvalue weighted by Crippen LogP contribution is -2.35. The van der Waals surface area contributed by atoms with Crippen LogP contribution in [0.4, 0.5) is 5.13 Å². The van der Waals surface area contributed by atoms with E-state index in [-0.39, 0.29) is 11.9 Å². The van der Waals surface area contributed by atoms with E-state index in [1.54, 1.807) is 11.3 Å². The second-order valence-corrected chi connectivity index (χ2v) is 7.38. The Morgan fingerprint density at radius 2 is 2.12 bits per heavy atom. The van der Waals surface area contributed by atoms with E-state index in [0.717, 1.165) is 31.2 Å². The summed E-state index contributed by atoms with van der Waals surface area (Å²) in [5.74, 6) is 0.269. The molecule has 1 unspecified atom stereocenters. The van der Waals surface area contributed by atoms with Crippen molar-refractivity contribution in [2.45, 2.75) is 25.4 Å². The zero-order valence-electron chi connectivity index (χ0n) is 14.2. The first-order chi connectivity index (χ1) is 11.6. The normalized spacial score (nSPS) is 15.8. The number of benzene rings is 1. The zero-order valence-corrected chi connectivity index (χ0v) is 15.1.